The number of nitrogens with one attached hydrogen (secondary N) is 2. The molecule has 2 rings (SSSR count). The van der Waals surface area contributed by atoms with Crippen LogP contribution in [0.25, 0.3) is 0 Å². The topological polar surface area (TPSA) is 66.5 Å². The zero-order valence-corrected chi connectivity index (χ0v) is 12.3. The van der Waals surface area contributed by atoms with Gasteiger partial charge in [0.25, 0.3) is 0 Å². The second kappa shape index (κ2) is 6.68. The minimum atomic E-state index is 0.331. The van der Waals surface area contributed by atoms with Gasteiger partial charge in [-0.25, -0.2) is 9.97 Å². The summed E-state index contributed by atoms with van der Waals surface area (Å²) >= 11 is 1.46. The van der Waals surface area contributed by atoms with Crippen molar-refractivity contribution in [1.82, 2.24) is 25.5 Å². The molecule has 0 spiro atoms. The maximum atomic E-state index is 4.44. The summed E-state index contributed by atoms with van der Waals surface area (Å²) in [5, 5.41) is 12.0. The van der Waals surface area contributed by atoms with E-state index in [1.54, 1.807) is 0 Å². The lowest BCUT2D eigenvalue weighted by Crippen LogP contribution is -2.19. The summed E-state index contributed by atoms with van der Waals surface area (Å²) in [5.74, 6) is 0.816. The van der Waals surface area contributed by atoms with E-state index in [2.05, 4.69) is 45.4 Å². The van der Waals surface area contributed by atoms with Crippen molar-refractivity contribution in [3.63, 3.8) is 0 Å². The minimum absolute atomic E-state index is 0.331. The van der Waals surface area contributed by atoms with Crippen LogP contribution in [0.3, 0.4) is 0 Å². The monoisotopic (exact) mass is 277 g/mol. The van der Waals surface area contributed by atoms with Gasteiger partial charge in [-0.05, 0) is 50.2 Å². The first kappa shape index (κ1) is 14.0. The van der Waals surface area contributed by atoms with Crippen LogP contribution < -0.4 is 5.32 Å². The number of hydrogen-bond donors (Lipinski definition) is 2. The van der Waals surface area contributed by atoms with Crippen molar-refractivity contribution < 1.29 is 0 Å². The van der Waals surface area contributed by atoms with E-state index in [9.17, 15) is 0 Å². The van der Waals surface area contributed by atoms with E-state index >= 15 is 0 Å². The highest BCUT2D eigenvalue weighted by Gasteiger charge is 2.07. The van der Waals surface area contributed by atoms with Gasteiger partial charge in [0.05, 0.1) is 0 Å². The predicted octanol–water partition coefficient (Wildman–Crippen LogP) is 2.72. The van der Waals surface area contributed by atoms with E-state index in [0.717, 1.165) is 23.8 Å². The van der Waals surface area contributed by atoms with Crippen molar-refractivity contribution in [2.75, 3.05) is 6.54 Å². The molecule has 2 N–H and O–H groups in total. The standard InChI is InChI=1S/C13H19N5S/c1-4-7-14-9(2)11-5-6-12(15-8-11)19-13-16-10(3)17-18-13/h5-6,8-9,14H,4,7H2,1-3H3,(H,16,17,18). The SMILES string of the molecule is CCCNC(C)c1ccc(Sc2n[nH]c(C)n2)nc1. The van der Waals surface area contributed by atoms with Crippen LogP contribution in [-0.4, -0.2) is 26.7 Å². The predicted molar refractivity (Wildman–Crippen MR) is 76.2 cm³/mol. The summed E-state index contributed by atoms with van der Waals surface area (Å²) in [7, 11) is 0. The molecular formula is C13H19N5S. The van der Waals surface area contributed by atoms with Crippen LogP contribution in [0.1, 0.15) is 37.7 Å². The maximum absolute atomic E-state index is 4.44. The van der Waals surface area contributed by atoms with E-state index in [4.69, 9.17) is 0 Å². The van der Waals surface area contributed by atoms with Crippen LogP contribution in [0, 0.1) is 6.92 Å². The van der Waals surface area contributed by atoms with Gasteiger partial charge in [0.1, 0.15) is 10.9 Å². The molecule has 1 atom stereocenters. The Hall–Kier alpha value is -1.40. The number of rotatable bonds is 6. The van der Waals surface area contributed by atoms with Crippen molar-refractivity contribution in [2.24, 2.45) is 0 Å². The molecule has 102 valence electrons. The Morgan fingerprint density at radius 2 is 2.26 bits per heavy atom. The molecule has 0 aliphatic carbocycles. The van der Waals surface area contributed by atoms with Crippen LogP contribution in [0.2, 0.25) is 0 Å². The molecule has 2 aromatic rings. The number of aromatic amines is 1. The second-order valence-corrected chi connectivity index (χ2v) is 5.40. The minimum Gasteiger partial charge on any atom is -0.310 e. The molecule has 0 amide bonds. The highest BCUT2D eigenvalue weighted by Crippen LogP contribution is 2.23. The van der Waals surface area contributed by atoms with E-state index in [1.165, 1.54) is 17.3 Å². The maximum Gasteiger partial charge on any atom is 0.214 e. The normalized spacial score (nSPS) is 12.6. The number of aryl methyl sites for hydroxylation is 1. The number of aromatic nitrogens is 4. The van der Waals surface area contributed by atoms with Gasteiger partial charge in [-0.2, -0.15) is 0 Å². The molecule has 0 aromatic carbocycles. The highest BCUT2D eigenvalue weighted by atomic mass is 32.2. The van der Waals surface area contributed by atoms with E-state index < -0.39 is 0 Å². The zero-order valence-electron chi connectivity index (χ0n) is 11.5. The van der Waals surface area contributed by atoms with Gasteiger partial charge in [-0.1, -0.05) is 13.0 Å². The average molecular weight is 277 g/mol. The molecule has 0 aliphatic heterocycles. The van der Waals surface area contributed by atoms with Gasteiger partial charge >= 0.3 is 0 Å². The summed E-state index contributed by atoms with van der Waals surface area (Å²) < 4.78 is 0. The Morgan fingerprint density at radius 1 is 1.42 bits per heavy atom. The Bertz CT molecular complexity index is 508. The van der Waals surface area contributed by atoms with Gasteiger partial charge in [0.2, 0.25) is 5.16 Å². The molecule has 19 heavy (non-hydrogen) atoms. The van der Waals surface area contributed by atoms with E-state index in [-0.39, 0.29) is 0 Å². The van der Waals surface area contributed by atoms with Crippen molar-refractivity contribution in [2.45, 2.75) is 43.4 Å². The first-order valence-corrected chi connectivity index (χ1v) is 7.27. The smallest absolute Gasteiger partial charge is 0.214 e. The quantitative estimate of drug-likeness (QED) is 0.850. The molecule has 0 bridgehead atoms. The summed E-state index contributed by atoms with van der Waals surface area (Å²) in [6.07, 6.45) is 3.05. The Kier molecular flexibility index (Phi) is 4.93. The lowest BCUT2D eigenvalue weighted by atomic mass is 10.1. The summed E-state index contributed by atoms with van der Waals surface area (Å²) in [6.45, 7) is 7.22. The molecule has 0 saturated heterocycles. The van der Waals surface area contributed by atoms with Crippen LogP contribution in [0.4, 0.5) is 0 Å². The summed E-state index contributed by atoms with van der Waals surface area (Å²) in [5.41, 5.74) is 1.20. The number of pyridine rings is 1. The van der Waals surface area contributed by atoms with Gasteiger partial charge in [-0.3, -0.25) is 5.10 Å². The molecular weight excluding hydrogens is 258 g/mol. The van der Waals surface area contributed by atoms with Gasteiger partial charge in [0, 0.05) is 12.2 Å². The number of H-pyrrole nitrogens is 1. The third-order valence-electron chi connectivity index (χ3n) is 2.73. The zero-order chi connectivity index (χ0) is 13.7. The molecule has 5 nitrogen and oxygen atoms in total. The second-order valence-electron chi connectivity index (χ2n) is 4.41. The van der Waals surface area contributed by atoms with E-state index in [1.807, 2.05) is 19.2 Å². The average Bonchev–Trinajstić information content (AvgIpc) is 2.82. The molecule has 1 unspecified atom stereocenters. The molecule has 0 aliphatic rings. The van der Waals surface area contributed by atoms with Crippen LogP contribution in [0.15, 0.2) is 28.5 Å². The Balaban J connectivity index is 1.98. The third-order valence-corrected chi connectivity index (χ3v) is 3.55. The van der Waals surface area contributed by atoms with Crippen LogP contribution >= 0.6 is 11.8 Å². The Labute approximate surface area is 117 Å². The van der Waals surface area contributed by atoms with Crippen molar-refractivity contribution >= 4 is 11.8 Å². The van der Waals surface area contributed by atoms with Gasteiger partial charge < -0.3 is 5.32 Å². The van der Waals surface area contributed by atoms with Crippen LogP contribution in [-0.2, 0) is 0 Å². The van der Waals surface area contributed by atoms with Crippen LogP contribution in [0.5, 0.6) is 0 Å². The lowest BCUT2D eigenvalue weighted by Gasteiger charge is -2.13. The molecule has 0 radical (unpaired) electrons. The van der Waals surface area contributed by atoms with E-state index in [0.29, 0.717) is 11.2 Å². The number of nitrogens with zero attached hydrogens (tertiary/aromatic N) is 3. The van der Waals surface area contributed by atoms with Gasteiger partial charge in [-0.15, -0.1) is 5.10 Å². The summed E-state index contributed by atoms with van der Waals surface area (Å²) in [6, 6.07) is 4.44. The largest absolute Gasteiger partial charge is 0.310 e. The first-order chi connectivity index (χ1) is 9.19. The fraction of sp³-hybridized carbons (Fsp3) is 0.462. The van der Waals surface area contributed by atoms with Crippen molar-refractivity contribution in [1.29, 1.82) is 0 Å². The number of hydrogen-bond acceptors (Lipinski definition) is 5. The first-order valence-electron chi connectivity index (χ1n) is 6.45. The molecule has 0 saturated carbocycles. The van der Waals surface area contributed by atoms with Crippen molar-refractivity contribution in [3.8, 4) is 0 Å². The molecule has 0 fully saturated rings. The molecule has 2 aromatic heterocycles. The summed E-state index contributed by atoms with van der Waals surface area (Å²) in [4.78, 5) is 8.69. The van der Waals surface area contributed by atoms with Gasteiger partial charge in [0.15, 0.2) is 0 Å². The molecule has 6 heteroatoms. The fourth-order valence-electron chi connectivity index (χ4n) is 1.65. The fourth-order valence-corrected chi connectivity index (χ4v) is 2.35. The Morgan fingerprint density at radius 3 is 2.84 bits per heavy atom. The van der Waals surface area contributed by atoms with Crippen molar-refractivity contribution in [3.05, 3.63) is 29.7 Å². The highest BCUT2D eigenvalue weighted by molar-refractivity contribution is 7.99. The lowest BCUT2D eigenvalue weighted by molar-refractivity contribution is 0.568. The third kappa shape index (κ3) is 4.04. The molecule has 2 heterocycles.